The number of hydrogen-bond acceptors (Lipinski definition) is 4. The molecule has 5 nitrogen and oxygen atoms in total. The minimum Gasteiger partial charge on any atom is -0.320 e. The summed E-state index contributed by atoms with van der Waals surface area (Å²) in [5, 5.41) is 9.79. The number of alkyl halides is 3. The van der Waals surface area contributed by atoms with E-state index in [9.17, 15) is 22.8 Å². The summed E-state index contributed by atoms with van der Waals surface area (Å²) < 4.78 is 37.9. The fourth-order valence-electron chi connectivity index (χ4n) is 3.92. The lowest BCUT2D eigenvalue weighted by Crippen LogP contribution is -2.17. The molecule has 1 amide bonds. The Labute approximate surface area is 288 Å². The topological polar surface area (TPSA) is 82.9 Å². The standard InChI is InChI=1S/C16H13F3N2O2.C15H21N.C4H10.C3H8.C2H6/c1-9-6-7-11(10(2)22)8-13(9)21-15(23)12-4-3-5-14(20-12)16(17,18)19;1-4-12(5-2)14-7-9-15(10-8-14)13(6-3)11-16;1-3-4-2;1-3-2;1-2/h3-8H,1-2H3,(H,21,23);6-12,16H,4-5H2,1-3H3;3-4H2,1-2H3;3H2,1-2H3;1-2H3/b;13-6+,16-11?;;;. The molecule has 0 radical (unpaired) electrons. The normalized spacial score (nSPS) is 10.4. The number of aryl methyl sites for hydroxylation is 1. The third-order valence-electron chi connectivity index (χ3n) is 6.83. The number of benzene rings is 2. The van der Waals surface area contributed by atoms with Crippen LogP contribution in [0.25, 0.3) is 5.57 Å². The van der Waals surface area contributed by atoms with E-state index >= 15 is 0 Å². The number of carbonyl (C=O) groups excluding carboxylic acids is 2. The molecule has 0 spiro atoms. The van der Waals surface area contributed by atoms with Crippen LogP contribution in [0.3, 0.4) is 0 Å². The summed E-state index contributed by atoms with van der Waals surface area (Å²) in [6, 6.07) is 16.4. The predicted molar refractivity (Wildman–Crippen MR) is 198 cm³/mol. The quantitative estimate of drug-likeness (QED) is 0.176. The van der Waals surface area contributed by atoms with E-state index in [-0.39, 0.29) is 11.5 Å². The minimum atomic E-state index is -4.62. The number of amides is 1. The molecule has 0 atom stereocenters. The second kappa shape index (κ2) is 26.0. The van der Waals surface area contributed by atoms with Crippen molar-refractivity contribution in [3.63, 3.8) is 0 Å². The molecule has 3 rings (SSSR count). The fraction of sp³-hybridized carbons (Fsp3) is 0.450. The first kappa shape index (κ1) is 46.1. The number of pyridine rings is 1. The molecule has 8 heteroatoms. The molecule has 48 heavy (non-hydrogen) atoms. The van der Waals surface area contributed by atoms with Gasteiger partial charge in [-0.25, -0.2) is 4.98 Å². The molecule has 266 valence electrons. The molecular weight excluding hydrogens is 611 g/mol. The summed E-state index contributed by atoms with van der Waals surface area (Å²) in [6.45, 7) is 22.1. The van der Waals surface area contributed by atoms with Crippen LogP contribution in [0, 0.1) is 12.3 Å². The van der Waals surface area contributed by atoms with E-state index in [4.69, 9.17) is 5.41 Å². The lowest BCUT2D eigenvalue weighted by Gasteiger charge is -2.13. The van der Waals surface area contributed by atoms with Crippen LogP contribution in [0.2, 0.25) is 0 Å². The largest absolute Gasteiger partial charge is 0.433 e. The molecule has 0 aliphatic rings. The van der Waals surface area contributed by atoms with Gasteiger partial charge in [-0.1, -0.05) is 123 Å². The van der Waals surface area contributed by atoms with E-state index in [0.717, 1.165) is 23.3 Å². The number of hydrogen-bond donors (Lipinski definition) is 2. The van der Waals surface area contributed by atoms with Crippen molar-refractivity contribution >= 4 is 29.2 Å². The van der Waals surface area contributed by atoms with Gasteiger partial charge in [-0.15, -0.1) is 0 Å². The molecule has 2 aromatic carbocycles. The number of halogens is 3. The van der Waals surface area contributed by atoms with Gasteiger partial charge in [0.05, 0.1) is 0 Å². The van der Waals surface area contributed by atoms with Gasteiger partial charge in [0.2, 0.25) is 0 Å². The van der Waals surface area contributed by atoms with Crippen LogP contribution >= 0.6 is 0 Å². The van der Waals surface area contributed by atoms with Crippen molar-refractivity contribution in [1.29, 1.82) is 5.41 Å². The first-order valence-electron chi connectivity index (χ1n) is 17.0. The van der Waals surface area contributed by atoms with Crippen molar-refractivity contribution in [2.75, 3.05) is 5.32 Å². The zero-order valence-corrected chi connectivity index (χ0v) is 30.9. The molecule has 3 aromatic rings. The summed E-state index contributed by atoms with van der Waals surface area (Å²) in [5.74, 6) is -0.291. The average Bonchev–Trinajstić information content (AvgIpc) is 3.08. The summed E-state index contributed by atoms with van der Waals surface area (Å²) in [6.07, 6.45) is 5.03. The third kappa shape index (κ3) is 17.2. The van der Waals surface area contributed by atoms with Gasteiger partial charge in [0, 0.05) is 17.5 Å². The van der Waals surface area contributed by atoms with E-state index in [2.05, 4.69) is 76.1 Å². The average molecular weight is 670 g/mol. The third-order valence-corrected chi connectivity index (χ3v) is 6.83. The number of ketones is 1. The highest BCUT2D eigenvalue weighted by Crippen LogP contribution is 2.28. The van der Waals surface area contributed by atoms with Crippen LogP contribution in [-0.2, 0) is 6.18 Å². The Morgan fingerprint density at radius 1 is 0.875 bits per heavy atom. The maximum atomic E-state index is 12.6. The van der Waals surface area contributed by atoms with Crippen LogP contribution in [0.4, 0.5) is 18.9 Å². The van der Waals surface area contributed by atoms with Gasteiger partial charge in [-0.05, 0) is 80.0 Å². The zero-order valence-electron chi connectivity index (χ0n) is 30.9. The molecule has 1 heterocycles. The zero-order chi connectivity index (χ0) is 37.3. The number of anilines is 1. The highest BCUT2D eigenvalue weighted by molar-refractivity contribution is 6.08. The van der Waals surface area contributed by atoms with Crippen LogP contribution in [0.1, 0.15) is 150 Å². The van der Waals surface area contributed by atoms with Crippen molar-refractivity contribution in [2.24, 2.45) is 0 Å². The fourth-order valence-corrected chi connectivity index (χ4v) is 3.92. The van der Waals surface area contributed by atoms with Crippen molar-refractivity contribution in [1.82, 2.24) is 4.98 Å². The number of carbonyl (C=O) groups is 2. The van der Waals surface area contributed by atoms with Crippen LogP contribution in [0.5, 0.6) is 0 Å². The number of unbranched alkanes of at least 4 members (excludes halogenated alkanes) is 1. The molecule has 0 aliphatic carbocycles. The number of nitrogens with one attached hydrogen (secondary N) is 2. The summed E-state index contributed by atoms with van der Waals surface area (Å²) in [4.78, 5) is 26.8. The van der Waals surface area contributed by atoms with E-state index < -0.39 is 17.8 Å². The lowest BCUT2D eigenvalue weighted by atomic mass is 9.92. The monoisotopic (exact) mass is 669 g/mol. The molecule has 0 saturated heterocycles. The van der Waals surface area contributed by atoms with Gasteiger partial charge in [-0.3, -0.25) is 9.59 Å². The summed E-state index contributed by atoms with van der Waals surface area (Å²) >= 11 is 0. The Balaban J connectivity index is 0. The van der Waals surface area contributed by atoms with Gasteiger partial charge < -0.3 is 10.7 Å². The molecule has 2 N–H and O–H groups in total. The van der Waals surface area contributed by atoms with Gasteiger partial charge in [-0.2, -0.15) is 13.2 Å². The molecule has 0 bridgehead atoms. The van der Waals surface area contributed by atoms with Gasteiger partial charge in [0.25, 0.3) is 5.91 Å². The first-order valence-corrected chi connectivity index (χ1v) is 17.0. The first-order chi connectivity index (χ1) is 22.8. The highest BCUT2D eigenvalue weighted by Gasteiger charge is 2.33. The molecule has 1 aromatic heterocycles. The van der Waals surface area contributed by atoms with Crippen molar-refractivity contribution in [3.05, 3.63) is 100 Å². The van der Waals surface area contributed by atoms with Crippen LogP contribution in [-0.4, -0.2) is 22.9 Å². The van der Waals surface area contributed by atoms with Crippen molar-refractivity contribution in [3.8, 4) is 0 Å². The Bertz CT molecular complexity index is 1380. The second-order valence-corrected chi connectivity index (χ2v) is 10.7. The number of rotatable bonds is 9. The Hall–Kier alpha value is -4.07. The van der Waals surface area contributed by atoms with Crippen molar-refractivity contribution in [2.45, 2.75) is 120 Å². The van der Waals surface area contributed by atoms with Gasteiger partial charge in [0.1, 0.15) is 11.4 Å². The Kier molecular flexibility index (Phi) is 24.9. The molecule has 0 unspecified atom stereocenters. The van der Waals surface area contributed by atoms with Gasteiger partial charge in [0.15, 0.2) is 5.78 Å². The number of allylic oxidation sites excluding steroid dienone is 2. The van der Waals surface area contributed by atoms with Crippen LogP contribution < -0.4 is 5.32 Å². The number of nitrogens with zero attached hydrogens (tertiary/aromatic N) is 1. The van der Waals surface area contributed by atoms with Crippen LogP contribution in [0.15, 0.2) is 66.7 Å². The van der Waals surface area contributed by atoms with E-state index in [1.54, 1.807) is 19.1 Å². The van der Waals surface area contributed by atoms with E-state index in [1.165, 1.54) is 62.9 Å². The maximum Gasteiger partial charge on any atom is 0.433 e. The summed E-state index contributed by atoms with van der Waals surface area (Å²) in [5.41, 5.74) is 3.45. The predicted octanol–water partition coefficient (Wildman–Crippen LogP) is 12.8. The minimum absolute atomic E-state index is 0.183. The molecule has 0 aliphatic heterocycles. The number of Topliss-reactive ketones (excluding diaryl/α,β-unsaturated/α-hetero) is 1. The molecule has 0 saturated carbocycles. The summed E-state index contributed by atoms with van der Waals surface area (Å²) in [7, 11) is 0. The van der Waals surface area contributed by atoms with Crippen molar-refractivity contribution < 1.29 is 22.8 Å². The van der Waals surface area contributed by atoms with E-state index in [1.807, 2.05) is 26.8 Å². The lowest BCUT2D eigenvalue weighted by molar-refractivity contribution is -0.141. The highest BCUT2D eigenvalue weighted by atomic mass is 19.4. The van der Waals surface area contributed by atoms with E-state index in [0.29, 0.717) is 22.7 Å². The second-order valence-electron chi connectivity index (χ2n) is 10.7. The smallest absolute Gasteiger partial charge is 0.320 e. The number of aromatic nitrogens is 1. The Morgan fingerprint density at radius 3 is 1.81 bits per heavy atom. The maximum absolute atomic E-state index is 12.6. The van der Waals surface area contributed by atoms with Gasteiger partial charge >= 0.3 is 6.18 Å². The molecule has 0 fully saturated rings. The Morgan fingerprint density at radius 2 is 1.40 bits per heavy atom. The molecular formula is C40H58F3N3O2. The SMILES string of the molecule is C/C=C(\C=N)c1ccc(C(CC)CC)cc1.CC.CC(=O)c1ccc(C)c(NC(=O)c2cccc(C(F)(F)F)n2)c1.CCC.CCCC.